The van der Waals surface area contributed by atoms with Crippen LogP contribution in [0.2, 0.25) is 0 Å². The van der Waals surface area contributed by atoms with Crippen molar-refractivity contribution in [2.75, 3.05) is 13.7 Å². The van der Waals surface area contributed by atoms with E-state index in [1.54, 1.807) is 13.4 Å². The van der Waals surface area contributed by atoms with E-state index in [0.29, 0.717) is 12.6 Å². The number of nitrogens with one attached hydrogen (secondary N) is 1. The van der Waals surface area contributed by atoms with Gasteiger partial charge in [-0.25, -0.2) is 0 Å². The molecular formula is C13H21NO2. The Balaban J connectivity index is 1.97. The topological polar surface area (TPSA) is 34.4 Å². The normalized spacial score (nSPS) is 27.1. The van der Waals surface area contributed by atoms with E-state index >= 15 is 0 Å². The van der Waals surface area contributed by atoms with Gasteiger partial charge in [-0.15, -0.1) is 0 Å². The molecule has 3 atom stereocenters. The summed E-state index contributed by atoms with van der Waals surface area (Å²) in [6.45, 7) is 2.98. The molecule has 0 radical (unpaired) electrons. The van der Waals surface area contributed by atoms with Crippen molar-refractivity contribution in [3.8, 4) is 0 Å². The molecule has 0 saturated heterocycles. The van der Waals surface area contributed by atoms with Crippen LogP contribution in [0, 0.1) is 5.92 Å². The summed E-state index contributed by atoms with van der Waals surface area (Å²) < 4.78 is 10.7. The maximum absolute atomic E-state index is 5.45. The van der Waals surface area contributed by atoms with Gasteiger partial charge >= 0.3 is 0 Å². The summed E-state index contributed by atoms with van der Waals surface area (Å²) in [5.74, 6) is 1.73. The van der Waals surface area contributed by atoms with E-state index in [-0.39, 0.29) is 6.04 Å². The van der Waals surface area contributed by atoms with E-state index in [4.69, 9.17) is 9.15 Å². The number of furan rings is 1. The maximum atomic E-state index is 5.45. The van der Waals surface area contributed by atoms with Gasteiger partial charge < -0.3 is 14.5 Å². The zero-order chi connectivity index (χ0) is 11.4. The minimum atomic E-state index is 0.186. The van der Waals surface area contributed by atoms with E-state index in [1.807, 2.05) is 12.1 Å². The van der Waals surface area contributed by atoms with Crippen LogP contribution in [-0.4, -0.2) is 19.8 Å². The molecule has 0 bridgehead atoms. The van der Waals surface area contributed by atoms with Crippen LogP contribution in [0.1, 0.15) is 38.0 Å². The smallest absolute Gasteiger partial charge is 0.123 e. The molecule has 1 aliphatic rings. The van der Waals surface area contributed by atoms with Crippen molar-refractivity contribution in [3.63, 3.8) is 0 Å². The third-order valence-corrected chi connectivity index (χ3v) is 3.50. The van der Waals surface area contributed by atoms with E-state index in [9.17, 15) is 0 Å². The quantitative estimate of drug-likeness (QED) is 0.833. The van der Waals surface area contributed by atoms with Crippen LogP contribution >= 0.6 is 0 Å². The summed E-state index contributed by atoms with van der Waals surface area (Å²) in [5, 5.41) is 3.65. The molecule has 2 rings (SSSR count). The predicted octanol–water partition coefficient (Wildman–Crippen LogP) is 2.75. The van der Waals surface area contributed by atoms with Crippen molar-refractivity contribution >= 4 is 0 Å². The van der Waals surface area contributed by atoms with Gasteiger partial charge in [-0.1, -0.05) is 13.3 Å². The first-order valence-electron chi connectivity index (χ1n) is 6.09. The molecule has 1 heterocycles. The Morgan fingerprint density at radius 1 is 1.56 bits per heavy atom. The van der Waals surface area contributed by atoms with Crippen molar-refractivity contribution in [2.45, 2.75) is 38.3 Å². The van der Waals surface area contributed by atoms with E-state index in [2.05, 4.69) is 12.2 Å². The molecule has 0 aliphatic heterocycles. The summed E-state index contributed by atoms with van der Waals surface area (Å²) in [5.41, 5.74) is 0. The lowest BCUT2D eigenvalue weighted by atomic mass is 10.0. The SMILES string of the molecule is COCC(NC1CCCC1C)c1ccco1. The molecule has 1 aliphatic carbocycles. The van der Waals surface area contributed by atoms with E-state index < -0.39 is 0 Å². The van der Waals surface area contributed by atoms with Gasteiger partial charge in [0.05, 0.1) is 18.9 Å². The molecule has 3 nitrogen and oxygen atoms in total. The average Bonchev–Trinajstić information content (AvgIpc) is 2.90. The van der Waals surface area contributed by atoms with Crippen LogP contribution in [-0.2, 0) is 4.74 Å². The highest BCUT2D eigenvalue weighted by Crippen LogP contribution is 2.27. The average molecular weight is 223 g/mol. The first kappa shape index (κ1) is 11.7. The van der Waals surface area contributed by atoms with E-state index in [1.165, 1.54) is 19.3 Å². The Morgan fingerprint density at radius 3 is 3.00 bits per heavy atom. The Hall–Kier alpha value is -0.800. The fraction of sp³-hybridized carbons (Fsp3) is 0.692. The second kappa shape index (κ2) is 5.51. The molecule has 1 aromatic heterocycles. The molecule has 0 amide bonds. The highest BCUT2D eigenvalue weighted by atomic mass is 16.5. The first-order valence-corrected chi connectivity index (χ1v) is 6.09. The zero-order valence-electron chi connectivity index (χ0n) is 10.1. The number of rotatable bonds is 5. The molecule has 0 aromatic carbocycles. The van der Waals surface area contributed by atoms with E-state index in [0.717, 1.165) is 11.7 Å². The van der Waals surface area contributed by atoms with Crippen LogP contribution in [0.3, 0.4) is 0 Å². The molecule has 90 valence electrons. The standard InChI is InChI=1S/C13H21NO2/c1-10-5-3-6-11(10)14-12(9-15-2)13-7-4-8-16-13/h4,7-8,10-12,14H,3,5-6,9H2,1-2H3. The third-order valence-electron chi connectivity index (χ3n) is 3.50. The number of hydrogen-bond acceptors (Lipinski definition) is 3. The second-order valence-corrected chi connectivity index (χ2v) is 4.70. The highest BCUT2D eigenvalue weighted by Gasteiger charge is 2.27. The van der Waals surface area contributed by atoms with Crippen LogP contribution < -0.4 is 5.32 Å². The molecule has 16 heavy (non-hydrogen) atoms. The molecule has 1 aromatic rings. The summed E-state index contributed by atoms with van der Waals surface area (Å²) in [4.78, 5) is 0. The Kier molecular flexibility index (Phi) is 4.02. The lowest BCUT2D eigenvalue weighted by Gasteiger charge is -2.23. The van der Waals surface area contributed by atoms with Crippen molar-refractivity contribution in [1.82, 2.24) is 5.32 Å². The Labute approximate surface area is 97.2 Å². The molecule has 1 saturated carbocycles. The van der Waals surface area contributed by atoms with Crippen molar-refractivity contribution in [1.29, 1.82) is 0 Å². The van der Waals surface area contributed by atoms with Crippen molar-refractivity contribution < 1.29 is 9.15 Å². The zero-order valence-corrected chi connectivity index (χ0v) is 10.1. The van der Waals surface area contributed by atoms with Gasteiger partial charge in [0.2, 0.25) is 0 Å². The summed E-state index contributed by atoms with van der Waals surface area (Å²) in [7, 11) is 1.73. The van der Waals surface area contributed by atoms with Crippen molar-refractivity contribution in [3.05, 3.63) is 24.2 Å². The molecule has 3 heteroatoms. The Morgan fingerprint density at radius 2 is 2.44 bits per heavy atom. The molecule has 1 N–H and O–H groups in total. The minimum absolute atomic E-state index is 0.186. The van der Waals surface area contributed by atoms with Gasteiger partial charge in [0.1, 0.15) is 5.76 Å². The van der Waals surface area contributed by atoms with Gasteiger partial charge in [0.25, 0.3) is 0 Å². The third kappa shape index (κ3) is 2.66. The first-order chi connectivity index (χ1) is 7.81. The lowest BCUT2D eigenvalue weighted by molar-refractivity contribution is 0.147. The van der Waals surface area contributed by atoms with Crippen LogP contribution in [0.4, 0.5) is 0 Å². The fourth-order valence-corrected chi connectivity index (χ4v) is 2.52. The van der Waals surface area contributed by atoms with Crippen molar-refractivity contribution in [2.24, 2.45) is 5.92 Å². The summed E-state index contributed by atoms with van der Waals surface area (Å²) >= 11 is 0. The molecule has 0 spiro atoms. The summed E-state index contributed by atoms with van der Waals surface area (Å²) in [6.07, 6.45) is 5.64. The maximum Gasteiger partial charge on any atom is 0.123 e. The number of methoxy groups -OCH3 is 1. The Bertz CT molecular complexity index is 297. The highest BCUT2D eigenvalue weighted by molar-refractivity contribution is 5.05. The molecule has 3 unspecified atom stereocenters. The largest absolute Gasteiger partial charge is 0.468 e. The van der Waals surface area contributed by atoms with Gasteiger partial charge in [-0.05, 0) is 30.9 Å². The predicted molar refractivity (Wildman–Crippen MR) is 63.3 cm³/mol. The van der Waals surface area contributed by atoms with Crippen LogP contribution in [0.5, 0.6) is 0 Å². The van der Waals surface area contributed by atoms with Gasteiger partial charge in [0, 0.05) is 13.2 Å². The van der Waals surface area contributed by atoms with Gasteiger partial charge in [0.15, 0.2) is 0 Å². The van der Waals surface area contributed by atoms with Gasteiger partial charge in [-0.3, -0.25) is 0 Å². The summed E-state index contributed by atoms with van der Waals surface area (Å²) in [6, 6.07) is 4.73. The fourth-order valence-electron chi connectivity index (χ4n) is 2.52. The molecule has 1 fully saturated rings. The monoisotopic (exact) mass is 223 g/mol. The molecular weight excluding hydrogens is 202 g/mol. The minimum Gasteiger partial charge on any atom is -0.468 e. The second-order valence-electron chi connectivity index (χ2n) is 4.70. The lowest BCUT2D eigenvalue weighted by Crippen LogP contribution is -2.36. The van der Waals surface area contributed by atoms with Gasteiger partial charge in [-0.2, -0.15) is 0 Å². The van der Waals surface area contributed by atoms with Crippen LogP contribution in [0.15, 0.2) is 22.8 Å². The number of ether oxygens (including phenoxy) is 1. The number of hydrogen-bond donors (Lipinski definition) is 1. The van der Waals surface area contributed by atoms with Crippen LogP contribution in [0.25, 0.3) is 0 Å².